The number of hydrogen-bond donors (Lipinski definition) is 4. The highest BCUT2D eigenvalue weighted by molar-refractivity contribution is 6.00. The summed E-state index contributed by atoms with van der Waals surface area (Å²) in [6.07, 6.45) is 4.64. The SMILES string of the molecule is NC(=O)c1[nH]c2ccccc2c1CCNC(=O)[CH]Cc1c[nH]c2ccccc12. The van der Waals surface area contributed by atoms with Crippen LogP contribution in [0.2, 0.25) is 0 Å². The Balaban J connectivity index is 1.36. The van der Waals surface area contributed by atoms with Gasteiger partial charge in [0.1, 0.15) is 5.69 Å². The van der Waals surface area contributed by atoms with E-state index < -0.39 is 5.91 Å². The molecule has 2 aromatic heterocycles. The Labute approximate surface area is 162 Å². The molecule has 28 heavy (non-hydrogen) atoms. The summed E-state index contributed by atoms with van der Waals surface area (Å²) in [5.41, 5.74) is 9.73. The van der Waals surface area contributed by atoms with Crippen molar-refractivity contribution in [1.82, 2.24) is 15.3 Å². The van der Waals surface area contributed by atoms with Gasteiger partial charge < -0.3 is 21.0 Å². The van der Waals surface area contributed by atoms with Crippen LogP contribution in [-0.2, 0) is 17.6 Å². The van der Waals surface area contributed by atoms with Gasteiger partial charge in [-0.3, -0.25) is 9.59 Å². The van der Waals surface area contributed by atoms with Crippen molar-refractivity contribution in [2.45, 2.75) is 12.8 Å². The van der Waals surface area contributed by atoms with Gasteiger partial charge in [-0.1, -0.05) is 36.4 Å². The van der Waals surface area contributed by atoms with Gasteiger partial charge in [0, 0.05) is 34.5 Å². The summed E-state index contributed by atoms with van der Waals surface area (Å²) >= 11 is 0. The molecule has 5 N–H and O–H groups in total. The van der Waals surface area contributed by atoms with E-state index in [-0.39, 0.29) is 5.91 Å². The smallest absolute Gasteiger partial charge is 0.265 e. The molecule has 4 rings (SSSR count). The van der Waals surface area contributed by atoms with Crippen molar-refractivity contribution in [3.05, 3.63) is 78.0 Å². The van der Waals surface area contributed by atoms with Gasteiger partial charge in [-0.25, -0.2) is 0 Å². The maximum Gasteiger partial charge on any atom is 0.265 e. The predicted molar refractivity (Wildman–Crippen MR) is 110 cm³/mol. The first-order valence-electron chi connectivity index (χ1n) is 9.19. The molecule has 6 heteroatoms. The molecular weight excluding hydrogens is 352 g/mol. The van der Waals surface area contributed by atoms with Crippen molar-refractivity contribution in [2.75, 3.05) is 6.54 Å². The van der Waals surface area contributed by atoms with Crippen LogP contribution in [0.15, 0.2) is 54.7 Å². The summed E-state index contributed by atoms with van der Waals surface area (Å²) in [4.78, 5) is 30.2. The monoisotopic (exact) mass is 373 g/mol. The second-order valence-electron chi connectivity index (χ2n) is 6.70. The van der Waals surface area contributed by atoms with Gasteiger partial charge in [0.15, 0.2) is 0 Å². The number of hydrogen-bond acceptors (Lipinski definition) is 2. The van der Waals surface area contributed by atoms with E-state index in [1.54, 1.807) is 6.42 Å². The molecule has 0 atom stereocenters. The highest BCUT2D eigenvalue weighted by Gasteiger charge is 2.15. The maximum atomic E-state index is 12.2. The third-order valence-corrected chi connectivity index (χ3v) is 4.92. The maximum absolute atomic E-state index is 12.2. The number of nitrogens with one attached hydrogen (secondary N) is 3. The van der Waals surface area contributed by atoms with Gasteiger partial charge in [0.2, 0.25) is 5.91 Å². The summed E-state index contributed by atoms with van der Waals surface area (Å²) in [7, 11) is 0. The van der Waals surface area contributed by atoms with E-state index in [0.717, 1.165) is 32.9 Å². The van der Waals surface area contributed by atoms with Crippen molar-refractivity contribution >= 4 is 33.6 Å². The van der Waals surface area contributed by atoms with Crippen LogP contribution in [0.3, 0.4) is 0 Å². The largest absolute Gasteiger partial charge is 0.364 e. The standard InChI is InChI=1S/C22H21N4O2/c23-22(28)21-17(16-6-2-4-8-19(16)26-21)11-12-24-20(27)10-9-14-13-25-18-7-3-1-5-15(14)18/h1-8,10,13,25-26H,9,11-12H2,(H2,23,28)(H,24,27). The number of aromatic amines is 2. The van der Waals surface area contributed by atoms with E-state index in [9.17, 15) is 9.59 Å². The number of carbonyl (C=O) groups is 2. The quantitative estimate of drug-likeness (QED) is 0.400. The van der Waals surface area contributed by atoms with Gasteiger partial charge in [0.25, 0.3) is 5.91 Å². The number of carbonyl (C=O) groups excluding carboxylic acids is 2. The molecule has 2 heterocycles. The van der Waals surface area contributed by atoms with Crippen LogP contribution in [0.25, 0.3) is 21.8 Å². The lowest BCUT2D eigenvalue weighted by molar-refractivity contribution is -0.117. The van der Waals surface area contributed by atoms with E-state index in [4.69, 9.17) is 5.73 Å². The molecule has 0 saturated heterocycles. The molecule has 1 radical (unpaired) electrons. The predicted octanol–water partition coefficient (Wildman–Crippen LogP) is 2.85. The minimum atomic E-state index is -0.497. The highest BCUT2D eigenvalue weighted by Crippen LogP contribution is 2.22. The Hall–Kier alpha value is -3.54. The van der Waals surface area contributed by atoms with E-state index >= 15 is 0 Å². The minimum Gasteiger partial charge on any atom is -0.364 e. The van der Waals surface area contributed by atoms with Gasteiger partial charge in [-0.2, -0.15) is 0 Å². The number of amides is 2. The Morgan fingerprint density at radius 2 is 1.71 bits per heavy atom. The van der Waals surface area contributed by atoms with Crippen molar-refractivity contribution in [1.29, 1.82) is 0 Å². The molecule has 0 aliphatic carbocycles. The number of aromatic nitrogens is 2. The molecule has 141 valence electrons. The van der Waals surface area contributed by atoms with Crippen LogP contribution < -0.4 is 11.1 Å². The van der Waals surface area contributed by atoms with Crippen LogP contribution >= 0.6 is 0 Å². The number of rotatable bonds is 7. The second-order valence-corrected chi connectivity index (χ2v) is 6.70. The Morgan fingerprint density at radius 1 is 1.00 bits per heavy atom. The zero-order valence-electron chi connectivity index (χ0n) is 15.3. The van der Waals surface area contributed by atoms with E-state index in [1.165, 1.54) is 0 Å². The van der Waals surface area contributed by atoms with Crippen molar-refractivity contribution in [3.8, 4) is 0 Å². The molecule has 2 amide bonds. The van der Waals surface area contributed by atoms with Crippen LogP contribution in [-0.4, -0.2) is 28.3 Å². The first kappa shape index (κ1) is 17.9. The van der Waals surface area contributed by atoms with Crippen molar-refractivity contribution in [2.24, 2.45) is 5.73 Å². The van der Waals surface area contributed by atoms with Gasteiger partial charge in [-0.05, 0) is 36.1 Å². The van der Waals surface area contributed by atoms with Gasteiger partial charge in [-0.15, -0.1) is 0 Å². The summed E-state index contributed by atoms with van der Waals surface area (Å²) in [5, 5.41) is 4.97. The molecular formula is C22H21N4O2. The van der Waals surface area contributed by atoms with E-state index in [1.807, 2.05) is 54.7 Å². The molecule has 0 aliphatic heterocycles. The number of H-pyrrole nitrogens is 2. The lowest BCUT2D eigenvalue weighted by Crippen LogP contribution is -2.27. The second kappa shape index (κ2) is 7.60. The summed E-state index contributed by atoms with van der Waals surface area (Å²) in [6.45, 7) is 0.422. The van der Waals surface area contributed by atoms with Gasteiger partial charge >= 0.3 is 0 Å². The number of nitrogens with two attached hydrogens (primary N) is 1. The molecule has 0 spiro atoms. The molecule has 0 bridgehead atoms. The molecule has 2 aromatic carbocycles. The third kappa shape index (κ3) is 3.49. The number of para-hydroxylation sites is 2. The highest BCUT2D eigenvalue weighted by atomic mass is 16.2. The number of benzene rings is 2. The Bertz CT molecular complexity index is 1160. The molecule has 0 saturated carbocycles. The van der Waals surface area contributed by atoms with Crippen molar-refractivity contribution < 1.29 is 9.59 Å². The average Bonchev–Trinajstić information content (AvgIpc) is 3.28. The summed E-state index contributed by atoms with van der Waals surface area (Å²) in [6, 6.07) is 15.7. The van der Waals surface area contributed by atoms with E-state index in [2.05, 4.69) is 15.3 Å². The van der Waals surface area contributed by atoms with Crippen molar-refractivity contribution in [3.63, 3.8) is 0 Å². The molecule has 6 nitrogen and oxygen atoms in total. The zero-order chi connectivity index (χ0) is 19.5. The number of fused-ring (bicyclic) bond motifs is 2. The van der Waals surface area contributed by atoms with Crippen LogP contribution in [0.5, 0.6) is 0 Å². The zero-order valence-corrected chi connectivity index (χ0v) is 15.3. The number of primary amides is 1. The first-order valence-corrected chi connectivity index (χ1v) is 9.19. The fraction of sp³-hybridized carbons (Fsp3) is 0.136. The molecule has 4 aromatic rings. The molecule has 0 unspecified atom stereocenters. The fourth-order valence-electron chi connectivity index (χ4n) is 3.56. The van der Waals surface area contributed by atoms with E-state index in [0.29, 0.717) is 25.1 Å². The topological polar surface area (TPSA) is 104 Å². The third-order valence-electron chi connectivity index (χ3n) is 4.92. The fourth-order valence-corrected chi connectivity index (χ4v) is 3.56. The van der Waals surface area contributed by atoms with Crippen LogP contribution in [0, 0.1) is 6.42 Å². The van der Waals surface area contributed by atoms with Gasteiger partial charge in [0.05, 0.1) is 6.42 Å². The lowest BCUT2D eigenvalue weighted by Gasteiger charge is -2.06. The molecule has 0 fully saturated rings. The molecule has 0 aliphatic rings. The summed E-state index contributed by atoms with van der Waals surface area (Å²) < 4.78 is 0. The van der Waals surface area contributed by atoms with Crippen LogP contribution in [0.4, 0.5) is 0 Å². The minimum absolute atomic E-state index is 0.134. The Kier molecular flexibility index (Phi) is 4.85. The normalized spacial score (nSPS) is 11.1. The Morgan fingerprint density at radius 3 is 2.50 bits per heavy atom. The lowest BCUT2D eigenvalue weighted by atomic mass is 10.1. The average molecular weight is 373 g/mol. The first-order chi connectivity index (χ1) is 13.6. The van der Waals surface area contributed by atoms with Crippen LogP contribution in [0.1, 0.15) is 21.6 Å². The summed E-state index contributed by atoms with van der Waals surface area (Å²) in [5.74, 6) is -0.630.